The van der Waals surface area contributed by atoms with Crippen molar-refractivity contribution in [1.29, 1.82) is 0 Å². The molecule has 0 unspecified atom stereocenters. The summed E-state index contributed by atoms with van der Waals surface area (Å²) in [5.41, 5.74) is 0. The molecule has 0 saturated heterocycles. The van der Waals surface area contributed by atoms with E-state index < -0.39 is 0 Å². The first kappa shape index (κ1) is 13.4. The first-order valence-electron chi connectivity index (χ1n) is 5.51. The topological polar surface area (TPSA) is 34.9 Å². The van der Waals surface area contributed by atoms with Gasteiger partial charge in [0.05, 0.1) is 12.2 Å². The normalized spacial score (nSPS) is 10.6. The van der Waals surface area contributed by atoms with Crippen LogP contribution >= 0.6 is 27.7 Å². The largest absolute Gasteiger partial charge is 0.338 e. The van der Waals surface area contributed by atoms with Crippen molar-refractivity contribution in [3.63, 3.8) is 0 Å². The Morgan fingerprint density at radius 3 is 2.72 bits per heavy atom. The minimum atomic E-state index is 0.192. The first-order chi connectivity index (χ1) is 8.65. The van der Waals surface area contributed by atoms with Gasteiger partial charge in [-0.1, -0.05) is 15.9 Å². The van der Waals surface area contributed by atoms with Crippen molar-refractivity contribution in [2.75, 3.05) is 5.75 Å². The van der Waals surface area contributed by atoms with Gasteiger partial charge in [0.2, 0.25) is 0 Å². The highest BCUT2D eigenvalue weighted by Gasteiger charge is 2.08. The molecule has 1 heterocycles. The molecule has 2 rings (SSSR count). The predicted molar refractivity (Wildman–Crippen MR) is 76.8 cm³/mol. The Kier molecular flexibility index (Phi) is 4.60. The van der Waals surface area contributed by atoms with Crippen LogP contribution in [0.25, 0.3) is 0 Å². The maximum Gasteiger partial charge on any atom is 0.150 e. The van der Waals surface area contributed by atoms with Crippen molar-refractivity contribution >= 4 is 33.5 Å². The molecule has 94 valence electrons. The van der Waals surface area contributed by atoms with Crippen LogP contribution in [0.5, 0.6) is 0 Å². The van der Waals surface area contributed by atoms with Gasteiger partial charge >= 0.3 is 0 Å². The summed E-state index contributed by atoms with van der Waals surface area (Å²) in [6, 6.07) is 7.96. The second-order valence-electron chi connectivity index (χ2n) is 3.91. The number of rotatable bonds is 5. The lowest BCUT2D eigenvalue weighted by Gasteiger charge is -2.02. The van der Waals surface area contributed by atoms with E-state index >= 15 is 0 Å². The van der Waals surface area contributed by atoms with E-state index in [1.807, 2.05) is 42.1 Å². The van der Waals surface area contributed by atoms with Crippen molar-refractivity contribution in [1.82, 2.24) is 9.55 Å². The first-order valence-corrected chi connectivity index (χ1v) is 7.29. The van der Waals surface area contributed by atoms with Gasteiger partial charge in [0.25, 0.3) is 0 Å². The molecule has 0 aliphatic carbocycles. The molecule has 0 fully saturated rings. The van der Waals surface area contributed by atoms with Crippen LogP contribution < -0.4 is 0 Å². The number of benzene rings is 1. The van der Waals surface area contributed by atoms with E-state index in [-0.39, 0.29) is 5.78 Å². The van der Waals surface area contributed by atoms with Gasteiger partial charge in [-0.3, -0.25) is 4.79 Å². The van der Waals surface area contributed by atoms with Crippen LogP contribution in [0.1, 0.15) is 5.82 Å². The van der Waals surface area contributed by atoms with Crippen molar-refractivity contribution in [2.24, 2.45) is 7.05 Å². The predicted octanol–water partition coefficient (Wildman–Crippen LogP) is 3.09. The van der Waals surface area contributed by atoms with Crippen molar-refractivity contribution in [2.45, 2.75) is 11.3 Å². The molecule has 2 aromatic rings. The third-order valence-electron chi connectivity index (χ3n) is 2.49. The van der Waals surface area contributed by atoms with E-state index in [1.54, 1.807) is 18.0 Å². The number of thioether (sulfide) groups is 1. The summed E-state index contributed by atoms with van der Waals surface area (Å²) in [5, 5.41) is 0. The summed E-state index contributed by atoms with van der Waals surface area (Å²) in [7, 11) is 1.90. The van der Waals surface area contributed by atoms with Gasteiger partial charge < -0.3 is 4.57 Å². The van der Waals surface area contributed by atoms with Gasteiger partial charge in [0.1, 0.15) is 5.82 Å². The summed E-state index contributed by atoms with van der Waals surface area (Å²) < 4.78 is 2.92. The number of carbonyl (C=O) groups excluding carboxylic acids is 1. The Morgan fingerprint density at radius 2 is 2.11 bits per heavy atom. The average Bonchev–Trinajstić information content (AvgIpc) is 2.74. The standard InChI is InChI=1S/C13H13BrN2OS/c1-16-7-6-15-13(16)8-11(17)9-18-12-4-2-10(14)3-5-12/h2-7H,8-9H2,1H3. The molecule has 3 nitrogen and oxygen atoms in total. The van der Waals surface area contributed by atoms with E-state index in [1.165, 1.54) is 0 Å². The SMILES string of the molecule is Cn1ccnc1CC(=O)CSc1ccc(Br)cc1. The zero-order chi connectivity index (χ0) is 13.0. The zero-order valence-electron chi connectivity index (χ0n) is 9.97. The van der Waals surface area contributed by atoms with Gasteiger partial charge in [0, 0.05) is 28.8 Å². The number of imidazole rings is 1. The van der Waals surface area contributed by atoms with Crippen LogP contribution in [0.4, 0.5) is 0 Å². The Morgan fingerprint density at radius 1 is 1.39 bits per heavy atom. The Bertz CT molecular complexity index is 536. The van der Waals surface area contributed by atoms with Crippen LogP contribution in [-0.4, -0.2) is 21.1 Å². The average molecular weight is 325 g/mol. The highest BCUT2D eigenvalue weighted by Crippen LogP contribution is 2.20. The molecule has 1 aromatic carbocycles. The molecule has 0 aliphatic rings. The molecule has 1 aromatic heterocycles. The summed E-state index contributed by atoms with van der Waals surface area (Å²) in [6.45, 7) is 0. The molecule has 5 heteroatoms. The third kappa shape index (κ3) is 3.71. The lowest BCUT2D eigenvalue weighted by Crippen LogP contribution is -2.09. The smallest absolute Gasteiger partial charge is 0.150 e. The molecular weight excluding hydrogens is 312 g/mol. The number of carbonyl (C=O) groups is 1. The Balaban J connectivity index is 1.85. The molecule has 0 aliphatic heterocycles. The molecule has 0 amide bonds. The Labute approximate surface area is 119 Å². The molecule has 0 saturated carbocycles. The molecule has 0 N–H and O–H groups in total. The lowest BCUT2D eigenvalue weighted by molar-refractivity contribution is -0.116. The monoisotopic (exact) mass is 324 g/mol. The Hall–Kier alpha value is -1.07. The number of aryl methyl sites for hydroxylation is 1. The van der Waals surface area contributed by atoms with Crippen LogP contribution in [0.2, 0.25) is 0 Å². The minimum absolute atomic E-state index is 0.192. The molecular formula is C13H13BrN2OS. The van der Waals surface area contributed by atoms with Crippen LogP contribution in [0.3, 0.4) is 0 Å². The molecule has 0 radical (unpaired) electrons. The number of aromatic nitrogens is 2. The lowest BCUT2D eigenvalue weighted by atomic mass is 10.3. The van der Waals surface area contributed by atoms with E-state index in [0.29, 0.717) is 12.2 Å². The van der Waals surface area contributed by atoms with Crippen molar-refractivity contribution in [3.8, 4) is 0 Å². The van der Waals surface area contributed by atoms with Gasteiger partial charge in [0.15, 0.2) is 5.78 Å². The quantitative estimate of drug-likeness (QED) is 0.793. The van der Waals surface area contributed by atoms with Crippen LogP contribution in [-0.2, 0) is 18.3 Å². The van der Waals surface area contributed by atoms with Crippen molar-refractivity contribution in [3.05, 3.63) is 47.0 Å². The maximum atomic E-state index is 11.8. The van der Waals surface area contributed by atoms with Crippen LogP contribution in [0.15, 0.2) is 46.0 Å². The number of hydrogen-bond acceptors (Lipinski definition) is 3. The van der Waals surface area contributed by atoms with E-state index in [0.717, 1.165) is 15.2 Å². The zero-order valence-corrected chi connectivity index (χ0v) is 12.4. The number of Topliss-reactive ketones (excluding diaryl/α,β-unsaturated/α-hetero) is 1. The molecule has 0 bridgehead atoms. The number of halogens is 1. The second-order valence-corrected chi connectivity index (χ2v) is 5.88. The molecule has 0 spiro atoms. The summed E-state index contributed by atoms with van der Waals surface area (Å²) in [6.07, 6.45) is 3.96. The van der Waals surface area contributed by atoms with Crippen molar-refractivity contribution < 1.29 is 4.79 Å². The summed E-state index contributed by atoms with van der Waals surface area (Å²) in [4.78, 5) is 17.1. The van der Waals surface area contributed by atoms with Gasteiger partial charge in [-0.05, 0) is 24.3 Å². The summed E-state index contributed by atoms with van der Waals surface area (Å²) in [5.74, 6) is 1.49. The number of nitrogens with zero attached hydrogens (tertiary/aromatic N) is 2. The fraction of sp³-hybridized carbons (Fsp3) is 0.231. The minimum Gasteiger partial charge on any atom is -0.338 e. The number of ketones is 1. The van der Waals surface area contributed by atoms with Crippen LogP contribution in [0, 0.1) is 0 Å². The summed E-state index contributed by atoms with van der Waals surface area (Å²) >= 11 is 4.94. The second kappa shape index (κ2) is 6.20. The third-order valence-corrected chi connectivity index (χ3v) is 4.09. The molecule has 18 heavy (non-hydrogen) atoms. The van der Waals surface area contributed by atoms with E-state index in [4.69, 9.17) is 0 Å². The van der Waals surface area contributed by atoms with E-state index in [9.17, 15) is 4.79 Å². The molecule has 0 atom stereocenters. The van der Waals surface area contributed by atoms with E-state index in [2.05, 4.69) is 20.9 Å². The highest BCUT2D eigenvalue weighted by molar-refractivity contribution is 9.10. The van der Waals surface area contributed by atoms with Gasteiger partial charge in [-0.15, -0.1) is 11.8 Å². The fourth-order valence-electron chi connectivity index (χ4n) is 1.49. The fourth-order valence-corrected chi connectivity index (χ4v) is 2.51. The number of hydrogen-bond donors (Lipinski definition) is 0. The maximum absolute atomic E-state index is 11.8. The van der Waals surface area contributed by atoms with Gasteiger partial charge in [-0.2, -0.15) is 0 Å². The van der Waals surface area contributed by atoms with Gasteiger partial charge in [-0.25, -0.2) is 4.98 Å². The highest BCUT2D eigenvalue weighted by atomic mass is 79.9.